The first-order valence-electron chi connectivity index (χ1n) is 12.8. The van der Waals surface area contributed by atoms with Crippen LogP contribution in [0.2, 0.25) is 10.0 Å². The van der Waals surface area contributed by atoms with Crippen molar-refractivity contribution in [1.29, 1.82) is 0 Å². The van der Waals surface area contributed by atoms with Crippen molar-refractivity contribution < 1.29 is 0 Å². The number of hydrogen-bond acceptors (Lipinski definition) is 1. The quantitative estimate of drug-likeness (QED) is 0.171. The van der Waals surface area contributed by atoms with E-state index in [0.717, 1.165) is 11.4 Å². The number of nitrogens with one attached hydrogen (secondary N) is 1. The molecular formula is C34H31Cl2NSi. The molecule has 5 aromatic rings. The number of benzene rings is 5. The summed E-state index contributed by atoms with van der Waals surface area (Å²) >= 11 is 13.7. The highest BCUT2D eigenvalue weighted by molar-refractivity contribution is 7.20. The molecule has 1 N–H and O–H groups in total. The fourth-order valence-corrected chi connectivity index (χ4v) is 10.4. The van der Waals surface area contributed by atoms with Gasteiger partial charge in [0.15, 0.2) is 8.07 Å². The molecule has 0 unspecified atom stereocenters. The second kappa shape index (κ2) is 10.8. The molecule has 1 nitrogen and oxygen atoms in total. The van der Waals surface area contributed by atoms with Crippen molar-refractivity contribution in [3.63, 3.8) is 0 Å². The predicted molar refractivity (Wildman–Crippen MR) is 169 cm³/mol. The minimum absolute atomic E-state index is 0.0889. The van der Waals surface area contributed by atoms with Crippen molar-refractivity contribution in [1.82, 2.24) is 0 Å². The lowest BCUT2D eigenvalue weighted by molar-refractivity contribution is 0.590. The topological polar surface area (TPSA) is 12.0 Å². The van der Waals surface area contributed by atoms with Crippen molar-refractivity contribution in [2.24, 2.45) is 0 Å². The van der Waals surface area contributed by atoms with E-state index in [1.807, 2.05) is 0 Å². The molecule has 0 fully saturated rings. The summed E-state index contributed by atoms with van der Waals surface area (Å²) in [6, 6.07) is 45.2. The lowest BCUT2D eigenvalue weighted by atomic mass is 9.87. The summed E-state index contributed by atoms with van der Waals surface area (Å²) in [6.45, 7) is 6.66. The molecule has 0 aliphatic heterocycles. The van der Waals surface area contributed by atoms with Crippen LogP contribution in [0.4, 0.5) is 11.4 Å². The first kappa shape index (κ1) is 26.3. The molecule has 38 heavy (non-hydrogen) atoms. The second-order valence-corrected chi connectivity index (χ2v) is 15.2. The molecule has 0 radical (unpaired) electrons. The third-order valence-electron chi connectivity index (χ3n) is 7.11. The normalized spacial score (nSPS) is 11.8. The van der Waals surface area contributed by atoms with Gasteiger partial charge in [-0.05, 0) is 56.0 Å². The standard InChI is InChI=1S/C34H31Cl2NSi/c1-34(2,3)25-19-21-26(22-20-25)37-32-24-30(23-31(35)33(32)36)38(27-13-7-4-8-14-27,28-15-9-5-10-16-28)29-17-11-6-12-18-29/h4-24,37H,1-3H3. The Morgan fingerprint density at radius 1 is 0.553 bits per heavy atom. The average Bonchev–Trinajstić information content (AvgIpc) is 2.93. The van der Waals surface area contributed by atoms with Gasteiger partial charge in [-0.15, -0.1) is 0 Å². The molecular weight excluding hydrogens is 521 g/mol. The first-order chi connectivity index (χ1) is 18.3. The van der Waals surface area contributed by atoms with E-state index < -0.39 is 8.07 Å². The van der Waals surface area contributed by atoms with Gasteiger partial charge in [0.05, 0.1) is 15.7 Å². The largest absolute Gasteiger partial charge is 0.354 e. The SMILES string of the molecule is CC(C)(C)c1ccc(Nc2cc([Si](c3ccccc3)(c3ccccc3)c3ccccc3)cc(Cl)c2Cl)cc1. The Bertz CT molecular complexity index is 1410. The van der Waals surface area contributed by atoms with Gasteiger partial charge in [0, 0.05) is 5.69 Å². The summed E-state index contributed by atoms with van der Waals surface area (Å²) in [5, 5.41) is 9.66. The molecule has 0 aromatic heterocycles. The van der Waals surface area contributed by atoms with Gasteiger partial charge in [0.1, 0.15) is 0 Å². The zero-order chi connectivity index (χ0) is 26.8. The highest BCUT2D eigenvalue weighted by atomic mass is 35.5. The maximum atomic E-state index is 6.89. The van der Waals surface area contributed by atoms with E-state index in [1.165, 1.54) is 26.3 Å². The number of hydrogen-bond donors (Lipinski definition) is 1. The van der Waals surface area contributed by atoms with E-state index in [4.69, 9.17) is 23.2 Å². The summed E-state index contributed by atoms with van der Waals surface area (Å²) in [5.74, 6) is 0. The minimum Gasteiger partial charge on any atom is -0.354 e. The molecule has 0 saturated heterocycles. The van der Waals surface area contributed by atoms with E-state index in [-0.39, 0.29) is 5.41 Å². The minimum atomic E-state index is -2.72. The summed E-state index contributed by atoms with van der Waals surface area (Å²) in [4.78, 5) is 0. The van der Waals surface area contributed by atoms with Crippen LogP contribution in [0.5, 0.6) is 0 Å². The summed E-state index contributed by atoms with van der Waals surface area (Å²) in [5.41, 5.74) is 3.15. The van der Waals surface area contributed by atoms with Crippen LogP contribution in [-0.4, -0.2) is 8.07 Å². The van der Waals surface area contributed by atoms with E-state index >= 15 is 0 Å². The van der Waals surface area contributed by atoms with Crippen LogP contribution in [0, 0.1) is 0 Å². The molecule has 0 heterocycles. The molecule has 190 valence electrons. The Kier molecular flexibility index (Phi) is 7.49. The van der Waals surface area contributed by atoms with Gasteiger partial charge in [-0.2, -0.15) is 0 Å². The van der Waals surface area contributed by atoms with Crippen LogP contribution in [0.3, 0.4) is 0 Å². The number of anilines is 2. The first-order valence-corrected chi connectivity index (χ1v) is 15.6. The van der Waals surface area contributed by atoms with Gasteiger partial charge >= 0.3 is 0 Å². The highest BCUT2D eigenvalue weighted by Crippen LogP contribution is 2.33. The Morgan fingerprint density at radius 3 is 1.42 bits per heavy atom. The fourth-order valence-electron chi connectivity index (χ4n) is 5.17. The molecule has 5 aromatic carbocycles. The lowest BCUT2D eigenvalue weighted by Crippen LogP contribution is -2.74. The molecule has 5 rings (SSSR count). The van der Waals surface area contributed by atoms with Crippen LogP contribution in [0.15, 0.2) is 127 Å². The van der Waals surface area contributed by atoms with Gasteiger partial charge in [0.25, 0.3) is 0 Å². The Balaban J connectivity index is 1.74. The summed E-state index contributed by atoms with van der Waals surface area (Å²) < 4.78 is 0. The zero-order valence-electron chi connectivity index (χ0n) is 21.9. The van der Waals surface area contributed by atoms with Crippen molar-refractivity contribution >= 4 is 63.4 Å². The molecule has 0 amide bonds. The second-order valence-electron chi connectivity index (χ2n) is 10.6. The van der Waals surface area contributed by atoms with Gasteiger partial charge in [-0.3, -0.25) is 0 Å². The average molecular weight is 553 g/mol. The molecule has 0 saturated carbocycles. The third kappa shape index (κ3) is 5.04. The molecule has 0 aliphatic rings. The van der Waals surface area contributed by atoms with Crippen LogP contribution >= 0.6 is 23.2 Å². The van der Waals surface area contributed by atoms with E-state index in [2.05, 4.69) is 153 Å². The maximum absolute atomic E-state index is 6.89. The maximum Gasteiger partial charge on any atom is 0.179 e. The number of rotatable bonds is 6. The monoisotopic (exact) mass is 551 g/mol. The summed E-state index contributed by atoms with van der Waals surface area (Å²) in [6.07, 6.45) is 0. The molecule has 0 aliphatic carbocycles. The molecule has 0 bridgehead atoms. The van der Waals surface area contributed by atoms with Crippen LogP contribution < -0.4 is 26.1 Å². The molecule has 0 spiro atoms. The van der Waals surface area contributed by atoms with E-state index in [0.29, 0.717) is 10.0 Å². The predicted octanol–water partition coefficient (Wildman–Crippen LogP) is 7.41. The lowest BCUT2D eigenvalue weighted by Gasteiger charge is -2.35. The zero-order valence-corrected chi connectivity index (χ0v) is 24.4. The summed E-state index contributed by atoms with van der Waals surface area (Å²) in [7, 11) is -2.72. The van der Waals surface area contributed by atoms with Crippen molar-refractivity contribution in [3.8, 4) is 0 Å². The Labute approximate surface area is 237 Å². The van der Waals surface area contributed by atoms with Crippen LogP contribution in [0.1, 0.15) is 26.3 Å². The van der Waals surface area contributed by atoms with E-state index in [1.54, 1.807) is 0 Å². The van der Waals surface area contributed by atoms with Gasteiger partial charge < -0.3 is 5.32 Å². The van der Waals surface area contributed by atoms with Crippen molar-refractivity contribution in [2.75, 3.05) is 5.32 Å². The van der Waals surface area contributed by atoms with Crippen molar-refractivity contribution in [3.05, 3.63) is 143 Å². The Morgan fingerprint density at radius 2 is 1.00 bits per heavy atom. The molecule has 4 heteroatoms. The number of halogens is 2. The van der Waals surface area contributed by atoms with Crippen LogP contribution in [-0.2, 0) is 5.41 Å². The van der Waals surface area contributed by atoms with Crippen LogP contribution in [0.25, 0.3) is 0 Å². The van der Waals surface area contributed by atoms with Gasteiger partial charge in [-0.1, -0.05) is 147 Å². The van der Waals surface area contributed by atoms with Gasteiger partial charge in [-0.25, -0.2) is 0 Å². The third-order valence-corrected chi connectivity index (χ3v) is 12.7. The van der Waals surface area contributed by atoms with Crippen molar-refractivity contribution in [2.45, 2.75) is 26.2 Å². The van der Waals surface area contributed by atoms with Gasteiger partial charge in [0.2, 0.25) is 0 Å². The fraction of sp³-hybridized carbons (Fsp3) is 0.118. The highest BCUT2D eigenvalue weighted by Gasteiger charge is 2.42. The Hall–Kier alpha value is -3.30. The van der Waals surface area contributed by atoms with E-state index in [9.17, 15) is 0 Å². The smallest absolute Gasteiger partial charge is 0.179 e. The molecule has 0 atom stereocenters.